The van der Waals surface area contributed by atoms with Crippen LogP contribution in [0.25, 0.3) is 11.1 Å². The lowest BCUT2D eigenvalue weighted by molar-refractivity contribution is -0.0635. The van der Waals surface area contributed by atoms with Crippen molar-refractivity contribution >= 4 is 10.0 Å². The summed E-state index contributed by atoms with van der Waals surface area (Å²) in [6.45, 7) is 6.89. The lowest BCUT2D eigenvalue weighted by Gasteiger charge is -2.57. The second-order valence-corrected chi connectivity index (χ2v) is 11.9. The molecule has 3 aromatic rings. The molecule has 2 aliphatic heterocycles. The van der Waals surface area contributed by atoms with Crippen molar-refractivity contribution in [3.8, 4) is 11.1 Å². The third kappa shape index (κ3) is 4.41. The molecule has 2 saturated heterocycles. The Bertz CT molecular complexity index is 1320. The lowest BCUT2D eigenvalue weighted by Crippen LogP contribution is -2.68. The minimum absolute atomic E-state index is 0.104. The molecule has 0 saturated carbocycles. The monoisotopic (exact) mass is 508 g/mol. The predicted molar refractivity (Wildman–Crippen MR) is 141 cm³/mol. The number of rotatable bonds is 6. The summed E-state index contributed by atoms with van der Waals surface area (Å²) < 4.78 is 35.9. The highest BCUT2D eigenvalue weighted by molar-refractivity contribution is 7.89. The number of aromatic nitrogens is 2. The number of benzene rings is 2. The number of aryl methyl sites for hydroxylation is 2. The van der Waals surface area contributed by atoms with Crippen molar-refractivity contribution in [1.29, 1.82) is 0 Å². The van der Waals surface area contributed by atoms with Gasteiger partial charge in [0.05, 0.1) is 6.61 Å². The summed E-state index contributed by atoms with van der Waals surface area (Å²) in [6.07, 6.45) is 5.02. The first-order valence-corrected chi connectivity index (χ1v) is 14.2. The third-order valence-corrected chi connectivity index (χ3v) is 9.91. The van der Waals surface area contributed by atoms with E-state index < -0.39 is 10.0 Å². The van der Waals surface area contributed by atoms with E-state index in [9.17, 15) is 8.42 Å². The average Bonchev–Trinajstić information content (AvgIpc) is 3.29. The Morgan fingerprint density at radius 3 is 2.50 bits per heavy atom. The molecule has 3 unspecified atom stereocenters. The summed E-state index contributed by atoms with van der Waals surface area (Å²) in [5, 5.41) is 0.108. The molecule has 36 heavy (non-hydrogen) atoms. The van der Waals surface area contributed by atoms with E-state index in [4.69, 9.17) is 4.74 Å². The van der Waals surface area contributed by atoms with Crippen molar-refractivity contribution in [2.45, 2.75) is 49.8 Å². The molecule has 0 N–H and O–H groups in total. The Morgan fingerprint density at radius 2 is 1.81 bits per heavy atom. The summed E-state index contributed by atoms with van der Waals surface area (Å²) in [6, 6.07) is 15.6. The zero-order chi connectivity index (χ0) is 25.4. The maximum absolute atomic E-state index is 13.5. The van der Waals surface area contributed by atoms with Gasteiger partial charge in [-0.05, 0) is 61.1 Å². The van der Waals surface area contributed by atoms with Gasteiger partial charge in [0.25, 0.3) is 10.0 Å². The van der Waals surface area contributed by atoms with Crippen LogP contribution >= 0.6 is 0 Å². The van der Waals surface area contributed by atoms with E-state index in [1.165, 1.54) is 27.8 Å². The molecule has 192 valence electrons. The molecule has 0 amide bonds. The van der Waals surface area contributed by atoms with Crippen LogP contribution in [0.3, 0.4) is 0 Å². The predicted octanol–water partition coefficient (Wildman–Crippen LogP) is 3.97. The summed E-state index contributed by atoms with van der Waals surface area (Å²) in [7, 11) is -0.195. The molecule has 0 radical (unpaired) electrons. The van der Waals surface area contributed by atoms with E-state index in [1.807, 2.05) is 0 Å². The van der Waals surface area contributed by atoms with Crippen LogP contribution in [-0.4, -0.2) is 72.6 Å². The Labute approximate surface area is 214 Å². The second-order valence-electron chi connectivity index (χ2n) is 10.1. The van der Waals surface area contributed by atoms with Gasteiger partial charge >= 0.3 is 0 Å². The summed E-state index contributed by atoms with van der Waals surface area (Å²) in [5.74, 6) is 0.203. The zero-order valence-corrected chi connectivity index (χ0v) is 22.4. The van der Waals surface area contributed by atoms with Crippen LogP contribution in [0.1, 0.15) is 35.4 Å². The van der Waals surface area contributed by atoms with E-state index >= 15 is 0 Å². The van der Waals surface area contributed by atoms with Gasteiger partial charge in [0.15, 0.2) is 0 Å². The number of methoxy groups -OCH3 is 1. The molecular formula is C28H36N4O3S. The number of hydrogen-bond acceptors (Lipinski definition) is 5. The van der Waals surface area contributed by atoms with Crippen molar-refractivity contribution in [1.82, 2.24) is 18.8 Å². The molecule has 0 aliphatic carbocycles. The van der Waals surface area contributed by atoms with Gasteiger partial charge < -0.3 is 9.30 Å². The number of ether oxygens (including phenoxy) is 1. The Hall–Kier alpha value is -2.52. The van der Waals surface area contributed by atoms with Gasteiger partial charge in [0.1, 0.15) is 0 Å². The standard InChI is InChI=1S/C28H36N4O3S/c1-20-8-7-9-24(21(20)2)22-10-12-23(13-11-22)27-25-18-31(36(33,34)28-29-14-17-30(28)3)15-5-6-16-32(25)26(27)19-35-4/h7-14,17,25-27H,5-6,15-16,18-19H2,1-4H3. The molecule has 8 heteroatoms. The summed E-state index contributed by atoms with van der Waals surface area (Å²) in [5.41, 5.74) is 6.28. The van der Waals surface area contributed by atoms with E-state index in [1.54, 1.807) is 35.4 Å². The van der Waals surface area contributed by atoms with E-state index in [-0.39, 0.29) is 23.2 Å². The fourth-order valence-electron chi connectivity index (χ4n) is 5.94. The van der Waals surface area contributed by atoms with Gasteiger partial charge in [-0.1, -0.05) is 42.5 Å². The Morgan fingerprint density at radius 1 is 1.06 bits per heavy atom. The van der Waals surface area contributed by atoms with Gasteiger partial charge in [-0.2, -0.15) is 4.31 Å². The number of hydrogen-bond donors (Lipinski definition) is 0. The average molecular weight is 509 g/mol. The van der Waals surface area contributed by atoms with Crippen molar-refractivity contribution in [2.24, 2.45) is 7.05 Å². The molecule has 2 fully saturated rings. The fraction of sp³-hybridized carbons (Fsp3) is 0.464. The van der Waals surface area contributed by atoms with Gasteiger partial charge in [-0.15, -0.1) is 0 Å². The molecule has 0 bridgehead atoms. The molecule has 2 aromatic carbocycles. The van der Waals surface area contributed by atoms with Crippen LogP contribution in [0, 0.1) is 13.8 Å². The van der Waals surface area contributed by atoms with E-state index in [2.05, 4.69) is 66.2 Å². The summed E-state index contributed by atoms with van der Waals surface area (Å²) >= 11 is 0. The van der Waals surface area contributed by atoms with Crippen molar-refractivity contribution in [3.05, 3.63) is 71.5 Å². The molecular weight excluding hydrogens is 472 g/mol. The normalized spacial score (nSPS) is 23.5. The first kappa shape index (κ1) is 25.1. The maximum atomic E-state index is 13.5. The van der Waals surface area contributed by atoms with Crippen LogP contribution in [0.5, 0.6) is 0 Å². The second kappa shape index (κ2) is 10.1. The molecule has 3 heterocycles. The van der Waals surface area contributed by atoms with Gasteiger partial charge in [-0.3, -0.25) is 4.90 Å². The SMILES string of the molecule is COCC1C(c2ccc(-c3cccc(C)c3C)cc2)C2CN(S(=O)(=O)c3nccn3C)CCCCN12. The molecule has 0 spiro atoms. The highest BCUT2D eigenvalue weighted by Gasteiger charge is 2.50. The number of sulfonamides is 1. The van der Waals surface area contributed by atoms with Crippen LogP contribution in [0.15, 0.2) is 60.0 Å². The smallest absolute Gasteiger partial charge is 0.277 e. The minimum atomic E-state index is -3.67. The van der Waals surface area contributed by atoms with Crippen molar-refractivity contribution in [2.75, 3.05) is 33.4 Å². The van der Waals surface area contributed by atoms with Crippen molar-refractivity contribution in [3.63, 3.8) is 0 Å². The topological polar surface area (TPSA) is 67.7 Å². The molecule has 2 aliphatic rings. The Balaban J connectivity index is 1.45. The Kier molecular flexibility index (Phi) is 7.05. The van der Waals surface area contributed by atoms with Crippen LogP contribution in [0.2, 0.25) is 0 Å². The van der Waals surface area contributed by atoms with Gasteiger partial charge in [0.2, 0.25) is 5.16 Å². The van der Waals surface area contributed by atoms with Gasteiger partial charge in [0, 0.05) is 57.6 Å². The highest BCUT2D eigenvalue weighted by atomic mass is 32.2. The molecule has 7 nitrogen and oxygen atoms in total. The van der Waals surface area contributed by atoms with E-state index in [0.717, 1.165) is 19.4 Å². The summed E-state index contributed by atoms with van der Waals surface area (Å²) in [4.78, 5) is 6.60. The molecule has 5 rings (SSSR count). The number of fused-ring (bicyclic) bond motifs is 1. The first-order valence-electron chi connectivity index (χ1n) is 12.7. The minimum Gasteiger partial charge on any atom is -0.383 e. The fourth-order valence-corrected chi connectivity index (χ4v) is 7.51. The molecule has 3 atom stereocenters. The van der Waals surface area contributed by atoms with Crippen molar-refractivity contribution < 1.29 is 13.2 Å². The van der Waals surface area contributed by atoms with Crippen LogP contribution in [-0.2, 0) is 21.8 Å². The third-order valence-electron chi connectivity index (χ3n) is 8.04. The number of nitrogens with zero attached hydrogens (tertiary/aromatic N) is 4. The largest absolute Gasteiger partial charge is 0.383 e. The zero-order valence-electron chi connectivity index (χ0n) is 21.6. The van der Waals surface area contributed by atoms with E-state index in [0.29, 0.717) is 19.7 Å². The number of imidazole rings is 1. The highest BCUT2D eigenvalue weighted by Crippen LogP contribution is 2.43. The van der Waals surface area contributed by atoms with Crippen LogP contribution < -0.4 is 0 Å². The first-order chi connectivity index (χ1) is 17.3. The van der Waals surface area contributed by atoms with Gasteiger partial charge in [-0.25, -0.2) is 13.4 Å². The quantitative estimate of drug-likeness (QED) is 0.504. The lowest BCUT2D eigenvalue weighted by atomic mass is 9.74. The van der Waals surface area contributed by atoms with Crippen LogP contribution in [0.4, 0.5) is 0 Å². The maximum Gasteiger partial charge on any atom is 0.277 e. The molecule has 1 aromatic heterocycles.